The van der Waals surface area contributed by atoms with Crippen molar-refractivity contribution in [3.05, 3.63) is 64.7 Å². The molecule has 0 amide bonds. The Bertz CT molecular complexity index is 1030. The predicted molar refractivity (Wildman–Crippen MR) is 108 cm³/mol. The van der Waals surface area contributed by atoms with E-state index >= 15 is 0 Å². The predicted octanol–water partition coefficient (Wildman–Crippen LogP) is 5.78. The molecule has 190 valence electrons. The Hall–Kier alpha value is -3.57. The molecule has 6 nitrogen and oxygen atoms in total. The van der Waals surface area contributed by atoms with Crippen LogP contribution in [0.3, 0.4) is 0 Å². The maximum absolute atomic E-state index is 13.0. The molecule has 2 aromatic rings. The molecule has 0 aliphatic rings. The van der Waals surface area contributed by atoms with Crippen molar-refractivity contribution in [1.82, 2.24) is 0 Å². The van der Waals surface area contributed by atoms with E-state index in [-0.39, 0.29) is 30.2 Å². The molecule has 2 rings (SSSR count). The van der Waals surface area contributed by atoms with Gasteiger partial charge in [0.1, 0.15) is 12.4 Å². The summed E-state index contributed by atoms with van der Waals surface area (Å²) in [6.07, 6.45) is -11.8. The third-order valence-corrected chi connectivity index (χ3v) is 4.48. The number of halogens is 6. The Morgan fingerprint density at radius 1 is 0.800 bits per heavy atom. The smallest absolute Gasteiger partial charge is 0.416 e. The number of alkyl halides is 6. The molecule has 0 bridgehead atoms. The first-order valence-electron chi connectivity index (χ1n) is 10.2. The summed E-state index contributed by atoms with van der Waals surface area (Å²) in [5, 5.41) is 0. The van der Waals surface area contributed by atoms with Gasteiger partial charge in [-0.15, -0.1) is 0 Å². The first kappa shape index (κ1) is 27.7. The number of ether oxygens (including phenoxy) is 3. The van der Waals surface area contributed by atoms with Gasteiger partial charge < -0.3 is 14.2 Å². The van der Waals surface area contributed by atoms with E-state index in [1.54, 1.807) is 6.92 Å². The van der Waals surface area contributed by atoms with Crippen LogP contribution in [-0.2, 0) is 42.8 Å². The zero-order chi connectivity index (χ0) is 26.4. The van der Waals surface area contributed by atoms with E-state index in [0.717, 1.165) is 0 Å². The molecule has 35 heavy (non-hydrogen) atoms. The highest BCUT2D eigenvalue weighted by Crippen LogP contribution is 2.36. The highest BCUT2D eigenvalue weighted by molar-refractivity contribution is 5.81. The van der Waals surface area contributed by atoms with E-state index < -0.39 is 59.7 Å². The lowest BCUT2D eigenvalue weighted by Crippen LogP contribution is -2.22. The average Bonchev–Trinajstić information content (AvgIpc) is 2.80. The molecule has 0 spiro atoms. The van der Waals surface area contributed by atoms with Gasteiger partial charge in [0.05, 0.1) is 11.1 Å². The van der Waals surface area contributed by atoms with Crippen LogP contribution in [0.4, 0.5) is 26.3 Å². The second-order valence-electron chi connectivity index (χ2n) is 7.14. The topological polar surface area (TPSA) is 78.9 Å². The monoisotopic (exact) mass is 506 g/mol. The summed E-state index contributed by atoms with van der Waals surface area (Å²) in [5.74, 6) is -2.42. The third kappa shape index (κ3) is 8.01. The van der Waals surface area contributed by atoms with E-state index in [1.807, 2.05) is 0 Å². The van der Waals surface area contributed by atoms with Crippen LogP contribution in [0.25, 0.3) is 0 Å². The summed E-state index contributed by atoms with van der Waals surface area (Å²) in [7, 11) is 0. The molecule has 0 radical (unpaired) electrons. The number of rotatable bonds is 8. The lowest BCUT2D eigenvalue weighted by atomic mass is 10.1. The zero-order valence-electron chi connectivity index (χ0n) is 18.5. The van der Waals surface area contributed by atoms with Crippen molar-refractivity contribution in [3.8, 4) is 5.75 Å². The van der Waals surface area contributed by atoms with Gasteiger partial charge in [0.25, 0.3) is 0 Å². The van der Waals surface area contributed by atoms with E-state index in [4.69, 9.17) is 14.2 Å². The molecule has 12 heteroatoms. The molecule has 0 heterocycles. The van der Waals surface area contributed by atoms with E-state index in [9.17, 15) is 40.7 Å². The maximum Gasteiger partial charge on any atom is 0.416 e. The molecule has 1 atom stereocenters. The number of hydrogen-bond donors (Lipinski definition) is 0. The summed E-state index contributed by atoms with van der Waals surface area (Å²) in [5.41, 5.74) is -3.62. The highest BCUT2D eigenvalue weighted by Gasteiger charge is 2.37. The van der Waals surface area contributed by atoms with Crippen molar-refractivity contribution in [1.29, 1.82) is 0 Å². The van der Waals surface area contributed by atoms with Crippen molar-refractivity contribution in [2.45, 2.75) is 51.8 Å². The van der Waals surface area contributed by atoms with Crippen LogP contribution in [0.2, 0.25) is 0 Å². The standard InChI is InChI=1S/C23H20F6O6/c1-3-18(30)34-17-7-5-14(6-8-17)20(35-19(31)4-2)21(32)33-12-13-9-15(22(24,25)26)11-16(10-13)23(27,28)29/h5-11,20H,3-4,12H2,1-2H3. The van der Waals surface area contributed by atoms with Gasteiger partial charge >= 0.3 is 30.3 Å². The molecule has 1 unspecified atom stereocenters. The molecular formula is C23H20F6O6. The number of hydrogen-bond acceptors (Lipinski definition) is 6. The number of benzene rings is 2. The third-order valence-electron chi connectivity index (χ3n) is 4.48. The van der Waals surface area contributed by atoms with Crippen LogP contribution in [0.1, 0.15) is 55.0 Å². The Labute approximate surface area is 195 Å². The molecule has 0 aliphatic carbocycles. The van der Waals surface area contributed by atoms with Gasteiger partial charge in [0.15, 0.2) is 0 Å². The first-order chi connectivity index (χ1) is 16.2. The minimum atomic E-state index is -5.07. The molecule has 0 fully saturated rings. The molecule has 0 saturated carbocycles. The van der Waals surface area contributed by atoms with Crippen molar-refractivity contribution in [2.75, 3.05) is 0 Å². The summed E-state index contributed by atoms with van der Waals surface area (Å²) >= 11 is 0. The van der Waals surface area contributed by atoms with Gasteiger partial charge in [0, 0.05) is 18.4 Å². The summed E-state index contributed by atoms with van der Waals surface area (Å²) in [4.78, 5) is 35.8. The number of carbonyl (C=O) groups excluding carboxylic acids is 3. The molecular weight excluding hydrogens is 486 g/mol. The van der Waals surface area contributed by atoms with E-state index in [0.29, 0.717) is 12.1 Å². The highest BCUT2D eigenvalue weighted by atomic mass is 19.4. The molecule has 0 N–H and O–H groups in total. The first-order valence-corrected chi connectivity index (χ1v) is 10.2. The molecule has 0 aromatic heterocycles. The normalized spacial score (nSPS) is 12.6. The lowest BCUT2D eigenvalue weighted by molar-refractivity contribution is -0.169. The van der Waals surface area contributed by atoms with Gasteiger partial charge in [-0.2, -0.15) is 26.3 Å². The Morgan fingerprint density at radius 3 is 1.77 bits per heavy atom. The van der Waals surface area contributed by atoms with Gasteiger partial charge in [-0.3, -0.25) is 9.59 Å². The molecule has 0 aliphatic heterocycles. The zero-order valence-corrected chi connectivity index (χ0v) is 18.5. The second kappa shape index (κ2) is 11.2. The second-order valence-corrected chi connectivity index (χ2v) is 7.14. The van der Waals surface area contributed by atoms with Crippen LogP contribution < -0.4 is 4.74 Å². The summed E-state index contributed by atoms with van der Waals surface area (Å²) < 4.78 is 93.2. The van der Waals surface area contributed by atoms with E-state index in [1.165, 1.54) is 31.2 Å². The van der Waals surface area contributed by atoms with Crippen LogP contribution in [0.5, 0.6) is 5.75 Å². The molecule has 2 aromatic carbocycles. The van der Waals surface area contributed by atoms with Gasteiger partial charge in [-0.1, -0.05) is 26.0 Å². The van der Waals surface area contributed by atoms with Crippen molar-refractivity contribution < 1.29 is 54.9 Å². The fourth-order valence-corrected chi connectivity index (χ4v) is 2.71. The quantitative estimate of drug-likeness (QED) is 0.257. The van der Waals surface area contributed by atoms with E-state index in [2.05, 4.69) is 0 Å². The number of carbonyl (C=O) groups is 3. The fourth-order valence-electron chi connectivity index (χ4n) is 2.71. The Balaban J connectivity index is 2.27. The summed E-state index contributed by atoms with van der Waals surface area (Å²) in [6, 6.07) is 6.00. The van der Waals surface area contributed by atoms with Crippen molar-refractivity contribution >= 4 is 17.9 Å². The SMILES string of the molecule is CCC(=O)Oc1ccc(C(OC(=O)CC)C(=O)OCc2cc(C(F)(F)F)cc(C(F)(F)F)c2)cc1. The maximum atomic E-state index is 13.0. The van der Waals surface area contributed by atoms with Gasteiger partial charge in [-0.05, 0) is 35.9 Å². The Kier molecular flexibility index (Phi) is 8.88. The van der Waals surface area contributed by atoms with Crippen molar-refractivity contribution in [3.63, 3.8) is 0 Å². The summed E-state index contributed by atoms with van der Waals surface area (Å²) in [6.45, 7) is 2.08. The minimum Gasteiger partial charge on any atom is -0.458 e. The van der Waals surface area contributed by atoms with Crippen LogP contribution in [-0.4, -0.2) is 17.9 Å². The van der Waals surface area contributed by atoms with Crippen LogP contribution >= 0.6 is 0 Å². The molecule has 0 saturated heterocycles. The van der Waals surface area contributed by atoms with Gasteiger partial charge in [-0.25, -0.2) is 4.79 Å². The largest absolute Gasteiger partial charge is 0.458 e. The lowest BCUT2D eigenvalue weighted by Gasteiger charge is -2.18. The fraction of sp³-hybridized carbons (Fsp3) is 0.348. The average molecular weight is 506 g/mol. The van der Waals surface area contributed by atoms with Crippen LogP contribution in [0, 0.1) is 0 Å². The van der Waals surface area contributed by atoms with Crippen molar-refractivity contribution in [2.24, 2.45) is 0 Å². The van der Waals surface area contributed by atoms with Gasteiger partial charge in [0.2, 0.25) is 6.10 Å². The number of esters is 3. The van der Waals surface area contributed by atoms with Crippen LogP contribution in [0.15, 0.2) is 42.5 Å². The minimum absolute atomic E-state index is 0.0515. The Morgan fingerprint density at radius 2 is 1.31 bits per heavy atom.